The lowest BCUT2D eigenvalue weighted by atomic mass is 9.92. The summed E-state index contributed by atoms with van der Waals surface area (Å²) in [5.74, 6) is 0. The van der Waals surface area contributed by atoms with Crippen LogP contribution in [0.2, 0.25) is 0 Å². The Morgan fingerprint density at radius 1 is 0.730 bits per heavy atom. The number of benzene rings is 3. The number of halogens is 6. The van der Waals surface area contributed by atoms with Crippen LogP contribution in [0.5, 0.6) is 0 Å². The van der Waals surface area contributed by atoms with Gasteiger partial charge in [-0.1, -0.05) is 60.7 Å². The maximum Gasteiger partial charge on any atom is 0.416 e. The Morgan fingerprint density at radius 3 is 1.70 bits per heavy atom. The van der Waals surface area contributed by atoms with E-state index in [2.05, 4.69) is 15.5 Å². The quantitative estimate of drug-likeness (QED) is 0.250. The fraction of sp³-hybridized carbons (Fsp3) is 0.296. The molecule has 1 fully saturated rings. The first-order chi connectivity index (χ1) is 17.5. The first-order valence-corrected chi connectivity index (χ1v) is 12.1. The summed E-state index contributed by atoms with van der Waals surface area (Å²) in [4.78, 5) is 2.31. The summed E-state index contributed by atoms with van der Waals surface area (Å²) in [5, 5.41) is 5.67. The van der Waals surface area contributed by atoms with Crippen LogP contribution in [-0.2, 0) is 12.4 Å². The van der Waals surface area contributed by atoms with Crippen molar-refractivity contribution in [3.05, 3.63) is 101 Å². The van der Waals surface area contributed by atoms with Crippen molar-refractivity contribution in [2.75, 3.05) is 18.4 Å². The Balaban J connectivity index is 1.67. The number of hydrogen-bond donors (Lipinski definition) is 2. The summed E-state index contributed by atoms with van der Waals surface area (Å²) >= 11 is 5.43. The molecule has 0 saturated carbocycles. The highest BCUT2D eigenvalue weighted by Gasteiger charge is 2.37. The number of likely N-dealkylation sites (tertiary alicyclic amines) is 1. The van der Waals surface area contributed by atoms with Gasteiger partial charge in [0, 0.05) is 5.69 Å². The van der Waals surface area contributed by atoms with Crippen LogP contribution >= 0.6 is 12.2 Å². The minimum Gasteiger partial charge on any atom is -0.354 e. The van der Waals surface area contributed by atoms with Crippen molar-refractivity contribution in [3.8, 4) is 0 Å². The van der Waals surface area contributed by atoms with Crippen LogP contribution in [0.1, 0.15) is 47.2 Å². The molecule has 0 amide bonds. The first-order valence-electron chi connectivity index (χ1n) is 11.7. The van der Waals surface area contributed by atoms with Gasteiger partial charge in [-0.15, -0.1) is 0 Å². The third-order valence-corrected chi connectivity index (χ3v) is 6.50. The van der Waals surface area contributed by atoms with Crippen LogP contribution in [0.15, 0.2) is 78.9 Å². The van der Waals surface area contributed by atoms with Crippen LogP contribution in [0.4, 0.5) is 32.0 Å². The molecule has 1 aliphatic rings. The van der Waals surface area contributed by atoms with Crippen LogP contribution in [0, 0.1) is 0 Å². The van der Waals surface area contributed by atoms with Crippen LogP contribution < -0.4 is 10.6 Å². The number of hydrogen-bond acceptors (Lipinski definition) is 2. The van der Waals surface area contributed by atoms with Crippen molar-refractivity contribution in [2.45, 2.75) is 37.3 Å². The highest BCUT2D eigenvalue weighted by atomic mass is 32.1. The van der Waals surface area contributed by atoms with Crippen LogP contribution in [0.3, 0.4) is 0 Å². The monoisotopic (exact) mass is 537 g/mol. The molecule has 10 heteroatoms. The molecule has 0 aromatic heterocycles. The van der Waals surface area contributed by atoms with Gasteiger partial charge >= 0.3 is 12.4 Å². The van der Waals surface area contributed by atoms with Crippen LogP contribution in [0.25, 0.3) is 0 Å². The van der Waals surface area contributed by atoms with Gasteiger partial charge in [-0.05, 0) is 67.5 Å². The lowest BCUT2D eigenvalue weighted by Crippen LogP contribution is -2.41. The third kappa shape index (κ3) is 6.81. The molecule has 196 valence electrons. The second kappa shape index (κ2) is 11.1. The Morgan fingerprint density at radius 2 is 1.22 bits per heavy atom. The van der Waals surface area contributed by atoms with Gasteiger partial charge in [0.25, 0.3) is 0 Å². The molecule has 0 radical (unpaired) electrons. The van der Waals surface area contributed by atoms with Crippen molar-refractivity contribution >= 4 is 23.0 Å². The molecule has 0 spiro atoms. The summed E-state index contributed by atoms with van der Waals surface area (Å²) in [6, 6.07) is 19.9. The standard InChI is InChI=1S/C27H25F6N3S/c28-26(29,30)20-15-21(27(31,32)33)17-22(16-20)34-25(37)35-23(18-9-3-1-4-10-18)24(36-13-7-8-14-36)19-11-5-2-6-12-19/h1-6,9-12,15-17,23-24H,7-8,13-14H2,(H2,34,35,37)/t23-,24-/m1/s1. The summed E-state index contributed by atoms with van der Waals surface area (Å²) in [5.41, 5.74) is -1.32. The fourth-order valence-electron chi connectivity index (χ4n) is 4.62. The number of nitrogens with one attached hydrogen (secondary N) is 2. The van der Waals surface area contributed by atoms with Crippen molar-refractivity contribution in [2.24, 2.45) is 0 Å². The summed E-state index contributed by atoms with van der Waals surface area (Å²) in [6.07, 6.45) is -7.85. The highest BCUT2D eigenvalue weighted by Crippen LogP contribution is 2.39. The number of rotatable bonds is 6. The molecule has 3 aromatic carbocycles. The fourth-order valence-corrected chi connectivity index (χ4v) is 4.87. The maximum atomic E-state index is 13.3. The number of anilines is 1. The first kappa shape index (κ1) is 26.9. The molecular weight excluding hydrogens is 512 g/mol. The molecule has 1 aliphatic heterocycles. The van der Waals surface area contributed by atoms with E-state index >= 15 is 0 Å². The lowest BCUT2D eigenvalue weighted by molar-refractivity contribution is -0.143. The average Bonchev–Trinajstić information content (AvgIpc) is 3.38. The summed E-state index contributed by atoms with van der Waals surface area (Å²) in [6.45, 7) is 1.71. The third-order valence-electron chi connectivity index (χ3n) is 6.28. The Hall–Kier alpha value is -3.11. The smallest absolute Gasteiger partial charge is 0.354 e. The van der Waals surface area contributed by atoms with E-state index in [9.17, 15) is 26.3 Å². The van der Waals surface area contributed by atoms with E-state index in [4.69, 9.17) is 12.2 Å². The predicted molar refractivity (Wildman–Crippen MR) is 135 cm³/mol. The molecule has 1 heterocycles. The van der Waals surface area contributed by atoms with Crippen molar-refractivity contribution in [1.82, 2.24) is 10.2 Å². The zero-order chi connectivity index (χ0) is 26.6. The Kier molecular flexibility index (Phi) is 8.08. The van der Waals surface area contributed by atoms with Crippen molar-refractivity contribution in [3.63, 3.8) is 0 Å². The largest absolute Gasteiger partial charge is 0.416 e. The molecule has 3 nitrogen and oxygen atoms in total. The molecule has 3 aromatic rings. The SMILES string of the molecule is FC(F)(F)c1cc(NC(=S)N[C@H](c2ccccc2)[C@@H](c2ccccc2)N2CCCC2)cc(C(F)(F)F)c1. The Bertz CT molecular complexity index is 1160. The van der Waals surface area contributed by atoms with E-state index in [1.807, 2.05) is 60.7 Å². The minimum absolute atomic E-state index is 0.0820. The van der Waals surface area contributed by atoms with Gasteiger partial charge in [-0.2, -0.15) is 26.3 Å². The van der Waals surface area contributed by atoms with Gasteiger partial charge in [-0.25, -0.2) is 0 Å². The molecule has 1 saturated heterocycles. The Labute approximate surface area is 216 Å². The number of alkyl halides is 6. The summed E-state index contributed by atoms with van der Waals surface area (Å²) < 4.78 is 79.9. The maximum absolute atomic E-state index is 13.3. The molecule has 37 heavy (non-hydrogen) atoms. The second-order valence-corrected chi connectivity index (χ2v) is 9.29. The van der Waals surface area contributed by atoms with Crippen molar-refractivity contribution < 1.29 is 26.3 Å². The van der Waals surface area contributed by atoms with Crippen molar-refractivity contribution in [1.29, 1.82) is 0 Å². The molecular formula is C27H25F6N3S. The number of thiocarbonyl (C=S) groups is 1. The van der Waals surface area contributed by atoms with Gasteiger partial charge in [0.1, 0.15) is 0 Å². The van der Waals surface area contributed by atoms with E-state index in [-0.39, 0.29) is 17.2 Å². The predicted octanol–water partition coefficient (Wildman–Crippen LogP) is 7.59. The topological polar surface area (TPSA) is 27.3 Å². The van der Waals surface area contributed by atoms with E-state index in [0.29, 0.717) is 12.1 Å². The molecule has 2 atom stereocenters. The zero-order valence-corrected chi connectivity index (χ0v) is 20.4. The highest BCUT2D eigenvalue weighted by molar-refractivity contribution is 7.80. The van der Waals surface area contributed by atoms with Gasteiger partial charge < -0.3 is 10.6 Å². The van der Waals surface area contributed by atoms with E-state index < -0.39 is 35.2 Å². The normalized spacial score (nSPS) is 16.3. The molecule has 0 aliphatic carbocycles. The van der Waals surface area contributed by atoms with E-state index in [1.54, 1.807) is 0 Å². The van der Waals surface area contributed by atoms with Gasteiger partial charge in [0.2, 0.25) is 0 Å². The zero-order valence-electron chi connectivity index (χ0n) is 19.6. The number of nitrogens with zero attached hydrogens (tertiary/aromatic N) is 1. The summed E-state index contributed by atoms with van der Waals surface area (Å²) in [7, 11) is 0. The molecule has 0 unspecified atom stereocenters. The minimum atomic E-state index is -4.95. The van der Waals surface area contributed by atoms with Gasteiger partial charge in [-0.3, -0.25) is 4.90 Å². The molecule has 0 bridgehead atoms. The van der Waals surface area contributed by atoms with Gasteiger partial charge in [0.05, 0.1) is 23.2 Å². The molecule has 4 rings (SSSR count). The lowest BCUT2D eigenvalue weighted by Gasteiger charge is -2.36. The average molecular weight is 538 g/mol. The van der Waals surface area contributed by atoms with E-state index in [1.165, 1.54) is 0 Å². The molecule has 2 N–H and O–H groups in total. The second-order valence-electron chi connectivity index (χ2n) is 8.88. The van der Waals surface area contributed by atoms with Crippen LogP contribution in [-0.4, -0.2) is 23.1 Å². The van der Waals surface area contributed by atoms with E-state index in [0.717, 1.165) is 37.1 Å². The van der Waals surface area contributed by atoms with Gasteiger partial charge in [0.15, 0.2) is 5.11 Å².